The molecule has 4 heterocycles. The fraction of sp³-hybridized carbons (Fsp3) is 0.217. The normalized spacial score (nSPS) is 13.7. The van der Waals surface area contributed by atoms with Gasteiger partial charge in [0, 0.05) is 53.8 Å². The Morgan fingerprint density at radius 3 is 2.84 bits per heavy atom. The summed E-state index contributed by atoms with van der Waals surface area (Å²) in [4.78, 5) is 33.1. The number of hydrogen-bond donors (Lipinski definition) is 1. The third-order valence-electron chi connectivity index (χ3n) is 5.40. The van der Waals surface area contributed by atoms with E-state index in [1.165, 1.54) is 16.1 Å². The summed E-state index contributed by atoms with van der Waals surface area (Å²) < 4.78 is 5.50. The van der Waals surface area contributed by atoms with Gasteiger partial charge in [-0.1, -0.05) is 12.1 Å². The molecule has 3 aromatic heterocycles. The van der Waals surface area contributed by atoms with E-state index in [2.05, 4.69) is 43.0 Å². The summed E-state index contributed by atoms with van der Waals surface area (Å²) in [5.41, 5.74) is 3.33. The van der Waals surface area contributed by atoms with E-state index in [1.807, 2.05) is 18.2 Å². The van der Waals surface area contributed by atoms with Gasteiger partial charge in [-0.3, -0.25) is 9.69 Å². The summed E-state index contributed by atoms with van der Waals surface area (Å²) >= 11 is 1.76. The summed E-state index contributed by atoms with van der Waals surface area (Å²) in [6, 6.07) is 12.3. The van der Waals surface area contributed by atoms with E-state index in [-0.39, 0.29) is 5.56 Å². The van der Waals surface area contributed by atoms with Crippen LogP contribution in [0.5, 0.6) is 5.75 Å². The molecule has 0 spiro atoms. The van der Waals surface area contributed by atoms with Crippen LogP contribution in [0.2, 0.25) is 0 Å². The average Bonchev–Trinajstić information content (AvgIpc) is 3.28. The first-order valence-corrected chi connectivity index (χ1v) is 10.8. The van der Waals surface area contributed by atoms with Gasteiger partial charge >= 0.3 is 0 Å². The smallest absolute Gasteiger partial charge is 0.255 e. The fourth-order valence-corrected chi connectivity index (χ4v) is 4.93. The first kappa shape index (κ1) is 19.6. The van der Waals surface area contributed by atoms with E-state index in [9.17, 15) is 4.79 Å². The van der Waals surface area contributed by atoms with Crippen LogP contribution in [0.15, 0.2) is 59.9 Å². The number of benzene rings is 1. The lowest BCUT2D eigenvalue weighted by Gasteiger charge is -2.27. The highest BCUT2D eigenvalue weighted by Gasteiger charge is 2.22. The predicted molar refractivity (Wildman–Crippen MR) is 120 cm³/mol. The summed E-state index contributed by atoms with van der Waals surface area (Å²) in [6.07, 6.45) is 5.51. The number of methoxy groups -OCH3 is 1. The van der Waals surface area contributed by atoms with Crippen molar-refractivity contribution in [2.24, 2.45) is 0 Å². The second kappa shape index (κ2) is 8.41. The Morgan fingerprint density at radius 2 is 2.00 bits per heavy atom. The zero-order chi connectivity index (χ0) is 21.2. The van der Waals surface area contributed by atoms with Gasteiger partial charge in [0.05, 0.1) is 23.9 Å². The van der Waals surface area contributed by atoms with Gasteiger partial charge in [0.25, 0.3) is 5.56 Å². The molecule has 7 nitrogen and oxygen atoms in total. The Hall–Kier alpha value is -3.36. The number of para-hydroxylation sites is 1. The Bertz CT molecular complexity index is 1270. The molecule has 1 N–H and O–H groups in total. The highest BCUT2D eigenvalue weighted by atomic mass is 32.1. The maximum atomic E-state index is 12.7. The van der Waals surface area contributed by atoms with Gasteiger partial charge in [0.1, 0.15) is 17.9 Å². The summed E-state index contributed by atoms with van der Waals surface area (Å²) in [7, 11) is 1.69. The molecule has 156 valence electrons. The van der Waals surface area contributed by atoms with Crippen molar-refractivity contribution < 1.29 is 4.74 Å². The number of aromatic nitrogens is 4. The number of nitrogens with one attached hydrogen (secondary N) is 1. The summed E-state index contributed by atoms with van der Waals surface area (Å²) in [5.74, 6) is 1.40. The summed E-state index contributed by atoms with van der Waals surface area (Å²) in [5, 5.41) is 0. The van der Waals surface area contributed by atoms with Gasteiger partial charge in [-0.2, -0.15) is 0 Å². The van der Waals surface area contributed by atoms with Gasteiger partial charge in [0.2, 0.25) is 0 Å². The second-order valence-corrected chi connectivity index (χ2v) is 8.56. The number of hydrogen-bond acceptors (Lipinski definition) is 7. The van der Waals surface area contributed by atoms with Crippen LogP contribution >= 0.6 is 11.3 Å². The van der Waals surface area contributed by atoms with Crippen molar-refractivity contribution >= 4 is 11.3 Å². The van der Waals surface area contributed by atoms with Crippen LogP contribution in [-0.2, 0) is 19.5 Å². The zero-order valence-corrected chi connectivity index (χ0v) is 17.9. The quantitative estimate of drug-likeness (QED) is 0.521. The molecule has 1 aliphatic rings. The Labute approximate surface area is 183 Å². The Morgan fingerprint density at radius 1 is 1.16 bits per heavy atom. The van der Waals surface area contributed by atoms with Gasteiger partial charge in [-0.15, -0.1) is 11.3 Å². The molecule has 0 saturated heterocycles. The number of H-pyrrole nitrogens is 1. The van der Waals surface area contributed by atoms with E-state index < -0.39 is 0 Å². The maximum Gasteiger partial charge on any atom is 0.255 e. The highest BCUT2D eigenvalue weighted by molar-refractivity contribution is 7.15. The third kappa shape index (κ3) is 3.99. The molecule has 1 aliphatic heterocycles. The van der Waals surface area contributed by atoms with E-state index in [4.69, 9.17) is 4.74 Å². The van der Waals surface area contributed by atoms with Crippen LogP contribution in [0.25, 0.3) is 21.8 Å². The molecular formula is C23H21N5O2S. The second-order valence-electron chi connectivity index (χ2n) is 7.39. The number of thiophene rings is 1. The molecule has 0 radical (unpaired) electrons. The van der Waals surface area contributed by atoms with Crippen molar-refractivity contribution in [1.82, 2.24) is 24.8 Å². The molecule has 4 aromatic rings. The average molecular weight is 432 g/mol. The first-order chi connectivity index (χ1) is 15.2. The van der Waals surface area contributed by atoms with Crippen molar-refractivity contribution in [1.29, 1.82) is 0 Å². The fourth-order valence-electron chi connectivity index (χ4n) is 3.85. The van der Waals surface area contributed by atoms with Gasteiger partial charge < -0.3 is 9.72 Å². The van der Waals surface area contributed by atoms with Crippen molar-refractivity contribution in [3.8, 4) is 27.6 Å². The molecule has 31 heavy (non-hydrogen) atoms. The lowest BCUT2D eigenvalue weighted by molar-refractivity contribution is 0.244. The van der Waals surface area contributed by atoms with Crippen LogP contribution in [0, 0.1) is 0 Å². The summed E-state index contributed by atoms with van der Waals surface area (Å²) in [6.45, 7) is 2.24. The number of fused-ring (bicyclic) bond motifs is 1. The maximum absolute atomic E-state index is 12.7. The van der Waals surface area contributed by atoms with Crippen molar-refractivity contribution in [2.75, 3.05) is 13.7 Å². The van der Waals surface area contributed by atoms with E-state index in [0.29, 0.717) is 17.9 Å². The Kier molecular flexibility index (Phi) is 5.31. The van der Waals surface area contributed by atoms with Crippen molar-refractivity contribution in [2.45, 2.75) is 19.5 Å². The van der Waals surface area contributed by atoms with E-state index >= 15 is 0 Å². The van der Waals surface area contributed by atoms with Crippen LogP contribution < -0.4 is 10.3 Å². The van der Waals surface area contributed by atoms with Crippen molar-refractivity contribution in [3.63, 3.8) is 0 Å². The van der Waals surface area contributed by atoms with Crippen LogP contribution in [-0.4, -0.2) is 38.5 Å². The number of nitrogens with zero attached hydrogens (tertiary/aromatic N) is 4. The SMILES string of the molecule is COc1ccccc1-c1ccc(CN2CCc3nc(-c4cncnc4)[nH]c(=O)c3C2)s1. The highest BCUT2D eigenvalue weighted by Crippen LogP contribution is 2.35. The molecule has 0 bridgehead atoms. The minimum absolute atomic E-state index is 0.0885. The van der Waals surface area contributed by atoms with Gasteiger partial charge in [-0.25, -0.2) is 15.0 Å². The number of ether oxygens (including phenoxy) is 1. The minimum atomic E-state index is -0.0885. The first-order valence-electron chi connectivity index (χ1n) is 10.0. The van der Waals surface area contributed by atoms with Crippen LogP contribution in [0.1, 0.15) is 16.1 Å². The van der Waals surface area contributed by atoms with Crippen molar-refractivity contribution in [3.05, 3.63) is 81.6 Å². The zero-order valence-electron chi connectivity index (χ0n) is 17.0. The van der Waals surface area contributed by atoms with Crippen LogP contribution in [0.4, 0.5) is 0 Å². The molecule has 0 atom stereocenters. The lowest BCUT2D eigenvalue weighted by atomic mass is 10.1. The lowest BCUT2D eigenvalue weighted by Crippen LogP contribution is -2.35. The van der Waals surface area contributed by atoms with Gasteiger partial charge in [-0.05, 0) is 24.3 Å². The Balaban J connectivity index is 1.34. The molecule has 0 amide bonds. The molecule has 5 rings (SSSR count). The standard InChI is InChI=1S/C23H21N5O2S/c1-30-20-5-3-2-4-17(20)21-7-6-16(31-21)12-28-9-8-19-18(13-28)23(29)27-22(26-19)15-10-24-14-25-11-15/h2-7,10-11,14H,8-9,12-13H2,1H3,(H,26,27,29). The van der Waals surface area contributed by atoms with Gasteiger partial charge in [0.15, 0.2) is 0 Å². The monoisotopic (exact) mass is 431 g/mol. The van der Waals surface area contributed by atoms with E-state index in [0.717, 1.165) is 42.1 Å². The number of rotatable bonds is 5. The molecule has 0 aliphatic carbocycles. The predicted octanol–water partition coefficient (Wildman–Crippen LogP) is 3.52. The molecular weight excluding hydrogens is 410 g/mol. The molecule has 0 fully saturated rings. The minimum Gasteiger partial charge on any atom is -0.496 e. The largest absolute Gasteiger partial charge is 0.496 e. The molecule has 1 aromatic carbocycles. The molecule has 8 heteroatoms. The number of aromatic amines is 1. The molecule has 0 unspecified atom stereocenters. The molecule has 0 saturated carbocycles. The van der Waals surface area contributed by atoms with E-state index in [1.54, 1.807) is 30.8 Å². The topological polar surface area (TPSA) is 84.0 Å². The van der Waals surface area contributed by atoms with Crippen LogP contribution in [0.3, 0.4) is 0 Å². The third-order valence-corrected chi connectivity index (χ3v) is 6.50.